The summed E-state index contributed by atoms with van der Waals surface area (Å²) in [7, 11) is 0.461. The lowest BCUT2D eigenvalue weighted by molar-refractivity contribution is 0.815. The van der Waals surface area contributed by atoms with Crippen molar-refractivity contribution in [1.29, 1.82) is 0 Å². The summed E-state index contributed by atoms with van der Waals surface area (Å²) in [6.07, 6.45) is 5.90. The van der Waals surface area contributed by atoms with Crippen LogP contribution in [-0.2, 0) is 0 Å². The summed E-state index contributed by atoms with van der Waals surface area (Å²) in [5.74, 6) is 0. The van der Waals surface area contributed by atoms with Crippen LogP contribution in [0.25, 0.3) is 0 Å². The molecule has 0 heterocycles. The van der Waals surface area contributed by atoms with Gasteiger partial charge in [-0.3, -0.25) is 0 Å². The summed E-state index contributed by atoms with van der Waals surface area (Å²) in [5.41, 5.74) is 2.03. The van der Waals surface area contributed by atoms with E-state index in [0.717, 1.165) is 0 Å². The Morgan fingerprint density at radius 3 is 2.88 bits per heavy atom. The van der Waals surface area contributed by atoms with Crippen LogP contribution in [0.2, 0.25) is 0 Å². The zero-order valence-corrected chi connectivity index (χ0v) is 6.91. The van der Waals surface area contributed by atoms with Gasteiger partial charge >= 0.3 is 0 Å². The van der Waals surface area contributed by atoms with E-state index in [0.29, 0.717) is 8.83 Å². The summed E-state index contributed by atoms with van der Waals surface area (Å²) in [4.78, 5) is 0. The fraction of sp³-hybridized carbons (Fsp3) is 0.667. The molecule has 0 fully saturated rings. The quantitative estimate of drug-likeness (QED) is 0.325. The van der Waals surface area contributed by atoms with Crippen molar-refractivity contribution < 1.29 is 0 Å². The van der Waals surface area contributed by atoms with Crippen LogP contribution in [0.15, 0.2) is 11.8 Å². The molecule has 0 spiro atoms. The van der Waals surface area contributed by atoms with Crippen LogP contribution in [0, 0.1) is 0 Å². The number of halogens is 1. The van der Waals surface area contributed by atoms with Crippen LogP contribution in [-0.4, -0.2) is 8.83 Å². The highest BCUT2D eigenvalue weighted by molar-refractivity contribution is 6.96. The summed E-state index contributed by atoms with van der Waals surface area (Å²) >= 11 is 5.42. The highest BCUT2D eigenvalue weighted by Crippen LogP contribution is 1.93. The van der Waals surface area contributed by atoms with Crippen LogP contribution < -0.4 is 0 Å². The molecule has 0 aliphatic rings. The normalized spacial score (nSPS) is 10.8. The lowest BCUT2D eigenvalue weighted by atomic mass is 10.2. The molecule has 0 bridgehead atoms. The molecule has 2 radical (unpaired) electrons. The molecule has 0 rings (SSSR count). The van der Waals surface area contributed by atoms with Gasteiger partial charge in [0.2, 0.25) is 8.83 Å². The highest BCUT2D eigenvalue weighted by atomic mass is 35.6. The van der Waals surface area contributed by atoms with Crippen molar-refractivity contribution in [2.24, 2.45) is 0 Å². The summed E-state index contributed by atoms with van der Waals surface area (Å²) in [5, 5.41) is 0. The van der Waals surface area contributed by atoms with Crippen molar-refractivity contribution in [3.8, 4) is 0 Å². The predicted molar refractivity (Wildman–Crippen MR) is 40.3 cm³/mol. The Morgan fingerprint density at radius 1 is 1.62 bits per heavy atom. The Balaban J connectivity index is 2.80. The molecule has 0 aromatic rings. The van der Waals surface area contributed by atoms with E-state index in [1.54, 1.807) is 0 Å². The fourth-order valence-corrected chi connectivity index (χ4v) is 0.973. The monoisotopic (exact) mass is 146 g/mol. The van der Waals surface area contributed by atoms with Gasteiger partial charge in [-0.25, -0.2) is 0 Å². The Bertz CT molecular complexity index is 61.5. The van der Waals surface area contributed by atoms with Gasteiger partial charge in [0.1, 0.15) is 0 Å². The summed E-state index contributed by atoms with van der Waals surface area (Å²) in [6.45, 7) is 2.19. The topological polar surface area (TPSA) is 0 Å². The zero-order chi connectivity index (χ0) is 6.24. The van der Waals surface area contributed by atoms with Gasteiger partial charge in [0.05, 0.1) is 0 Å². The third kappa shape index (κ3) is 6.25. The first-order valence-corrected chi connectivity index (χ1v) is 5.02. The molecule has 0 saturated carbocycles. The van der Waals surface area contributed by atoms with Gasteiger partial charge in [0, 0.05) is 0 Å². The molecule has 0 aliphatic carbocycles. The van der Waals surface area contributed by atoms with Crippen molar-refractivity contribution in [3.63, 3.8) is 0 Å². The standard InChI is InChI=1S/C6H11ClSi/c1-2-3-4-5-6-8-7/h5-6H,2-4H2,1H3. The Kier molecular flexibility index (Phi) is 7.47. The Labute approximate surface area is 58.5 Å². The van der Waals surface area contributed by atoms with E-state index in [1.807, 2.05) is 5.70 Å². The van der Waals surface area contributed by atoms with Gasteiger partial charge in [-0.2, -0.15) is 11.1 Å². The molecule has 8 heavy (non-hydrogen) atoms. The minimum Gasteiger partial charge on any atom is -0.165 e. The van der Waals surface area contributed by atoms with Gasteiger partial charge in [-0.15, -0.1) is 0 Å². The molecule has 0 atom stereocenters. The largest absolute Gasteiger partial charge is 0.202 e. The van der Waals surface area contributed by atoms with E-state index < -0.39 is 0 Å². The number of hydrogen-bond acceptors (Lipinski definition) is 0. The van der Waals surface area contributed by atoms with Crippen LogP contribution in [0.3, 0.4) is 0 Å². The van der Waals surface area contributed by atoms with Gasteiger partial charge in [-0.05, 0) is 6.42 Å². The van der Waals surface area contributed by atoms with Crippen molar-refractivity contribution in [2.45, 2.75) is 26.2 Å². The maximum atomic E-state index is 5.42. The molecular weight excluding hydrogens is 136 g/mol. The molecule has 0 amide bonds. The van der Waals surface area contributed by atoms with Crippen molar-refractivity contribution in [2.75, 3.05) is 0 Å². The van der Waals surface area contributed by atoms with E-state index in [4.69, 9.17) is 11.1 Å². The summed E-state index contributed by atoms with van der Waals surface area (Å²) in [6, 6.07) is 0. The van der Waals surface area contributed by atoms with Crippen LogP contribution >= 0.6 is 11.1 Å². The van der Waals surface area contributed by atoms with Gasteiger partial charge < -0.3 is 0 Å². The average Bonchev–Trinajstić information content (AvgIpc) is 1.81. The van der Waals surface area contributed by atoms with Crippen molar-refractivity contribution >= 4 is 19.9 Å². The third-order valence-corrected chi connectivity index (χ3v) is 1.64. The zero-order valence-electron chi connectivity index (χ0n) is 5.15. The molecule has 0 saturated heterocycles. The SMILES string of the molecule is CCCCC=C[Si]Cl. The number of unbranched alkanes of at least 4 members (excludes halogenated alkanes) is 2. The lowest BCUT2D eigenvalue weighted by Crippen LogP contribution is -1.69. The number of hydrogen-bond donors (Lipinski definition) is 0. The van der Waals surface area contributed by atoms with E-state index in [-0.39, 0.29) is 0 Å². The second-order valence-corrected chi connectivity index (χ2v) is 2.86. The predicted octanol–water partition coefficient (Wildman–Crippen LogP) is 2.55. The van der Waals surface area contributed by atoms with Crippen LogP contribution in [0.4, 0.5) is 0 Å². The fourth-order valence-electron chi connectivity index (χ4n) is 0.450. The van der Waals surface area contributed by atoms with Crippen LogP contribution in [0.1, 0.15) is 26.2 Å². The first kappa shape index (κ1) is 8.25. The summed E-state index contributed by atoms with van der Waals surface area (Å²) < 4.78 is 0. The number of allylic oxidation sites excluding steroid dienone is 1. The van der Waals surface area contributed by atoms with Crippen molar-refractivity contribution in [3.05, 3.63) is 11.8 Å². The minimum atomic E-state index is 0.461. The average molecular weight is 147 g/mol. The van der Waals surface area contributed by atoms with Crippen molar-refractivity contribution in [1.82, 2.24) is 0 Å². The second kappa shape index (κ2) is 7.25. The first-order chi connectivity index (χ1) is 3.91. The van der Waals surface area contributed by atoms with E-state index in [2.05, 4.69) is 13.0 Å². The minimum absolute atomic E-state index is 0.461. The van der Waals surface area contributed by atoms with E-state index in [9.17, 15) is 0 Å². The highest BCUT2D eigenvalue weighted by Gasteiger charge is 1.76. The molecule has 46 valence electrons. The molecule has 2 heteroatoms. The molecular formula is C6H11ClSi. The lowest BCUT2D eigenvalue weighted by Gasteiger charge is -1.84. The first-order valence-electron chi connectivity index (χ1n) is 2.93. The molecule has 0 unspecified atom stereocenters. The Morgan fingerprint density at radius 2 is 2.38 bits per heavy atom. The van der Waals surface area contributed by atoms with Gasteiger partial charge in [-0.1, -0.05) is 31.5 Å². The maximum Gasteiger partial charge on any atom is 0.202 e. The molecule has 0 N–H and O–H groups in total. The van der Waals surface area contributed by atoms with Gasteiger partial charge in [0.15, 0.2) is 0 Å². The molecule has 0 aromatic heterocycles. The van der Waals surface area contributed by atoms with E-state index >= 15 is 0 Å². The third-order valence-electron chi connectivity index (χ3n) is 0.905. The molecule has 0 aliphatic heterocycles. The van der Waals surface area contributed by atoms with Gasteiger partial charge in [0.25, 0.3) is 0 Å². The van der Waals surface area contributed by atoms with Crippen LogP contribution in [0.5, 0.6) is 0 Å². The smallest absolute Gasteiger partial charge is 0.165 e. The van der Waals surface area contributed by atoms with E-state index in [1.165, 1.54) is 19.3 Å². The second-order valence-electron chi connectivity index (χ2n) is 1.65. The Hall–Kier alpha value is 0.247. The maximum absolute atomic E-state index is 5.42. The number of rotatable bonds is 4. The molecule has 0 nitrogen and oxygen atoms in total. The molecule has 0 aromatic carbocycles.